The highest BCUT2D eigenvalue weighted by atomic mass is 32.1. The molecule has 0 radical (unpaired) electrons. The van der Waals surface area contributed by atoms with E-state index < -0.39 is 12.0 Å². The van der Waals surface area contributed by atoms with Gasteiger partial charge in [0.1, 0.15) is 11.0 Å². The number of aliphatic carboxylic acids is 1. The lowest BCUT2D eigenvalue weighted by Crippen LogP contribution is -2.44. The summed E-state index contributed by atoms with van der Waals surface area (Å²) in [6.07, 6.45) is 0.0956. The molecule has 2 rings (SSSR count). The van der Waals surface area contributed by atoms with Crippen LogP contribution in [0.15, 0.2) is 22.9 Å². The highest BCUT2D eigenvalue weighted by Gasteiger charge is 2.23. The first-order chi connectivity index (χ1) is 9.97. The summed E-state index contributed by atoms with van der Waals surface area (Å²) >= 11 is 3.08. The molecule has 2 aromatic rings. The molecule has 0 saturated heterocycles. The maximum atomic E-state index is 11.9. The molecule has 112 valence electrons. The monoisotopic (exact) mass is 324 g/mol. The first kappa shape index (κ1) is 15.7. The number of carbonyl (C=O) groups excluding carboxylic acids is 1. The number of hydrogen-bond acceptors (Lipinski definition) is 5. The van der Waals surface area contributed by atoms with Crippen molar-refractivity contribution in [3.05, 3.63) is 28.6 Å². The van der Waals surface area contributed by atoms with Crippen LogP contribution in [0.2, 0.25) is 0 Å². The molecule has 0 fully saturated rings. The Bertz CT molecular complexity index is 620. The molecular weight excluding hydrogens is 308 g/mol. The Morgan fingerprint density at radius 1 is 1.38 bits per heavy atom. The van der Waals surface area contributed by atoms with Crippen molar-refractivity contribution in [1.29, 1.82) is 0 Å². The van der Waals surface area contributed by atoms with Crippen molar-refractivity contribution in [3.8, 4) is 9.88 Å². The van der Waals surface area contributed by atoms with Crippen LogP contribution in [-0.2, 0) is 16.0 Å². The average molecular weight is 324 g/mol. The molecule has 2 aromatic heterocycles. The fourth-order valence-corrected chi connectivity index (χ4v) is 3.44. The van der Waals surface area contributed by atoms with Crippen LogP contribution in [0.5, 0.6) is 0 Å². The summed E-state index contributed by atoms with van der Waals surface area (Å²) in [6.45, 7) is 3.52. The van der Waals surface area contributed by atoms with Gasteiger partial charge in [-0.2, -0.15) is 0 Å². The lowest BCUT2D eigenvalue weighted by atomic mass is 10.0. The zero-order valence-electron chi connectivity index (χ0n) is 11.7. The van der Waals surface area contributed by atoms with E-state index in [4.69, 9.17) is 5.11 Å². The van der Waals surface area contributed by atoms with Gasteiger partial charge < -0.3 is 10.4 Å². The Balaban J connectivity index is 1.98. The van der Waals surface area contributed by atoms with Gasteiger partial charge in [0.2, 0.25) is 5.91 Å². The summed E-state index contributed by atoms with van der Waals surface area (Å²) in [4.78, 5) is 28.5. The summed E-state index contributed by atoms with van der Waals surface area (Å²) in [6, 6.07) is 3.06. The number of carbonyl (C=O) groups is 2. The second kappa shape index (κ2) is 6.82. The Hall–Kier alpha value is -1.73. The quantitative estimate of drug-likeness (QED) is 0.856. The van der Waals surface area contributed by atoms with E-state index >= 15 is 0 Å². The highest BCUT2D eigenvalue weighted by molar-refractivity contribution is 7.20. The number of thiophene rings is 1. The molecule has 5 nitrogen and oxygen atoms in total. The summed E-state index contributed by atoms with van der Waals surface area (Å²) in [5.41, 5.74) is 0.661. The molecule has 1 amide bonds. The number of hydrogen-bond donors (Lipinski definition) is 2. The number of thiazole rings is 1. The lowest BCUT2D eigenvalue weighted by Gasteiger charge is -2.17. The molecule has 0 aliphatic rings. The molecule has 7 heteroatoms. The minimum absolute atomic E-state index is 0.0956. The number of nitrogens with zero attached hydrogens (tertiary/aromatic N) is 1. The maximum absolute atomic E-state index is 11.9. The normalized spacial score (nSPS) is 12.3. The third kappa shape index (κ3) is 4.12. The second-order valence-electron chi connectivity index (χ2n) is 4.93. The maximum Gasteiger partial charge on any atom is 0.326 e. The number of aromatic nitrogens is 1. The van der Waals surface area contributed by atoms with E-state index in [1.165, 1.54) is 11.3 Å². The van der Waals surface area contributed by atoms with Crippen molar-refractivity contribution in [2.45, 2.75) is 26.3 Å². The van der Waals surface area contributed by atoms with E-state index in [-0.39, 0.29) is 18.2 Å². The molecule has 0 aromatic carbocycles. The van der Waals surface area contributed by atoms with Gasteiger partial charge >= 0.3 is 5.97 Å². The largest absolute Gasteiger partial charge is 0.480 e. The Morgan fingerprint density at radius 3 is 2.71 bits per heavy atom. The average Bonchev–Trinajstić information content (AvgIpc) is 3.05. The first-order valence-corrected chi connectivity index (χ1v) is 8.23. The third-order valence-electron chi connectivity index (χ3n) is 2.87. The molecule has 1 atom stereocenters. The molecular formula is C14H16N2O3S2. The molecule has 0 spiro atoms. The number of nitrogens with one attached hydrogen (secondary N) is 1. The summed E-state index contributed by atoms with van der Waals surface area (Å²) in [5, 5.41) is 16.3. The fourth-order valence-electron chi connectivity index (χ4n) is 1.80. The Labute approximate surface area is 130 Å². The molecule has 0 saturated carbocycles. The number of rotatable bonds is 6. The number of amides is 1. The van der Waals surface area contributed by atoms with Crippen molar-refractivity contribution in [1.82, 2.24) is 10.3 Å². The van der Waals surface area contributed by atoms with Crippen molar-refractivity contribution >= 4 is 34.6 Å². The van der Waals surface area contributed by atoms with Crippen LogP contribution < -0.4 is 5.32 Å². The van der Waals surface area contributed by atoms with Crippen LogP contribution in [0.1, 0.15) is 19.5 Å². The standard InChI is InChI=1S/C14H16N2O3S2/c1-8(2)12(14(18)19)16-11(17)6-9-7-21-13(15-9)10-4-3-5-20-10/h3-5,7-8,12H,6H2,1-2H3,(H,16,17)(H,18,19)/t12-/m0/s1. The van der Waals surface area contributed by atoms with Crippen LogP contribution in [0.4, 0.5) is 0 Å². The molecule has 0 bridgehead atoms. The van der Waals surface area contributed by atoms with Gasteiger partial charge in [-0.25, -0.2) is 9.78 Å². The van der Waals surface area contributed by atoms with E-state index in [0.717, 1.165) is 9.88 Å². The van der Waals surface area contributed by atoms with Crippen molar-refractivity contribution in [2.24, 2.45) is 5.92 Å². The topological polar surface area (TPSA) is 79.3 Å². The van der Waals surface area contributed by atoms with Crippen LogP contribution in [0.25, 0.3) is 9.88 Å². The first-order valence-electron chi connectivity index (χ1n) is 6.48. The van der Waals surface area contributed by atoms with Gasteiger partial charge in [-0.15, -0.1) is 22.7 Å². The fraction of sp³-hybridized carbons (Fsp3) is 0.357. The Morgan fingerprint density at radius 2 is 2.14 bits per heavy atom. The zero-order valence-corrected chi connectivity index (χ0v) is 13.3. The molecule has 2 heterocycles. The lowest BCUT2D eigenvalue weighted by molar-refractivity contribution is -0.143. The van der Waals surface area contributed by atoms with Crippen molar-refractivity contribution in [2.75, 3.05) is 0 Å². The van der Waals surface area contributed by atoms with Crippen LogP contribution in [0, 0.1) is 5.92 Å². The van der Waals surface area contributed by atoms with E-state index in [0.29, 0.717) is 5.69 Å². The molecule has 21 heavy (non-hydrogen) atoms. The van der Waals surface area contributed by atoms with E-state index in [2.05, 4.69) is 10.3 Å². The van der Waals surface area contributed by atoms with Crippen molar-refractivity contribution < 1.29 is 14.7 Å². The molecule has 0 aliphatic carbocycles. The summed E-state index contributed by atoms with van der Waals surface area (Å²) in [5.74, 6) is -1.50. The van der Waals surface area contributed by atoms with E-state index in [1.54, 1.807) is 25.2 Å². The zero-order chi connectivity index (χ0) is 15.4. The summed E-state index contributed by atoms with van der Waals surface area (Å²) in [7, 11) is 0. The van der Waals surface area contributed by atoms with E-state index in [9.17, 15) is 9.59 Å². The molecule has 0 unspecified atom stereocenters. The SMILES string of the molecule is CC(C)[C@H](NC(=O)Cc1csc(-c2cccs2)n1)C(=O)O. The minimum atomic E-state index is -1.02. The van der Waals surface area contributed by atoms with Gasteiger partial charge in [0.05, 0.1) is 17.0 Å². The predicted octanol–water partition coefficient (Wildman–Crippen LogP) is 2.64. The predicted molar refractivity (Wildman–Crippen MR) is 83.5 cm³/mol. The highest BCUT2D eigenvalue weighted by Crippen LogP contribution is 2.27. The summed E-state index contributed by atoms with van der Waals surface area (Å²) < 4.78 is 0. The van der Waals surface area contributed by atoms with Gasteiger partial charge in [0.25, 0.3) is 0 Å². The minimum Gasteiger partial charge on any atom is -0.480 e. The van der Waals surface area contributed by atoms with Gasteiger partial charge in [-0.05, 0) is 17.4 Å². The Kier molecular flexibility index (Phi) is 5.08. The van der Waals surface area contributed by atoms with E-state index in [1.807, 2.05) is 22.9 Å². The second-order valence-corrected chi connectivity index (χ2v) is 6.73. The number of carboxylic acid groups (broad SMARTS) is 1. The van der Waals surface area contributed by atoms with Gasteiger partial charge in [-0.1, -0.05) is 19.9 Å². The van der Waals surface area contributed by atoms with Crippen LogP contribution in [0.3, 0.4) is 0 Å². The smallest absolute Gasteiger partial charge is 0.326 e. The van der Waals surface area contributed by atoms with Crippen molar-refractivity contribution in [3.63, 3.8) is 0 Å². The third-order valence-corrected chi connectivity index (χ3v) is 4.80. The van der Waals surface area contributed by atoms with Gasteiger partial charge in [-0.3, -0.25) is 4.79 Å². The number of carboxylic acids is 1. The van der Waals surface area contributed by atoms with Gasteiger partial charge in [0.15, 0.2) is 0 Å². The molecule has 2 N–H and O–H groups in total. The van der Waals surface area contributed by atoms with Gasteiger partial charge in [0, 0.05) is 5.38 Å². The van der Waals surface area contributed by atoms with Crippen LogP contribution >= 0.6 is 22.7 Å². The molecule has 0 aliphatic heterocycles. The van der Waals surface area contributed by atoms with Crippen LogP contribution in [-0.4, -0.2) is 28.0 Å².